The van der Waals surface area contributed by atoms with Gasteiger partial charge in [0.15, 0.2) is 11.2 Å². The summed E-state index contributed by atoms with van der Waals surface area (Å²) in [6, 6.07) is 18.7. The van der Waals surface area contributed by atoms with E-state index in [4.69, 9.17) is 15.2 Å². The van der Waals surface area contributed by atoms with Crippen LogP contribution < -0.4 is 21.5 Å². The van der Waals surface area contributed by atoms with Gasteiger partial charge in [-0.05, 0) is 51.7 Å². The van der Waals surface area contributed by atoms with Crippen LogP contribution in [0.25, 0.3) is 11.2 Å². The summed E-state index contributed by atoms with van der Waals surface area (Å²) in [7, 11) is -3.84. The second-order valence-corrected chi connectivity index (χ2v) is 15.4. The Bertz CT molecular complexity index is 1840. The highest BCUT2D eigenvalue weighted by atomic mass is 31.2. The Balaban J connectivity index is 1.66. The summed E-state index contributed by atoms with van der Waals surface area (Å²) in [5, 5.41) is 15.7. The van der Waals surface area contributed by atoms with Crippen LogP contribution in [0.3, 0.4) is 0 Å². The zero-order chi connectivity index (χ0) is 37.7. The SMILES string of the molecule is CC(C)OC(=O)[C@H](Cc1ccccc1)NP(=O)(CCN(CCC#N)CCn1cnc2c(=O)[nH]c(N)nc21)N[C@@H](Cc1ccccc1)C(=O)OC(C)C. The minimum Gasteiger partial charge on any atom is -0.462 e. The number of fused-ring (bicyclic) bond motifs is 1. The Morgan fingerprint density at radius 3 is 1.96 bits per heavy atom. The molecule has 0 aliphatic carbocycles. The zero-order valence-electron chi connectivity index (χ0n) is 30.0. The Morgan fingerprint density at radius 2 is 1.46 bits per heavy atom. The molecule has 0 spiro atoms. The molecular weight excluding hydrogens is 685 g/mol. The smallest absolute Gasteiger partial charge is 0.324 e. The number of nitrogens with two attached hydrogens (primary N) is 1. The highest BCUT2D eigenvalue weighted by Crippen LogP contribution is 2.39. The molecular formula is C36H48N9O6P. The number of benzene rings is 2. The molecule has 0 aliphatic heterocycles. The first-order valence-electron chi connectivity index (χ1n) is 17.3. The summed E-state index contributed by atoms with van der Waals surface area (Å²) in [5.41, 5.74) is 7.43. The van der Waals surface area contributed by atoms with E-state index in [2.05, 4.69) is 31.2 Å². The van der Waals surface area contributed by atoms with Crippen LogP contribution in [-0.2, 0) is 43.0 Å². The van der Waals surface area contributed by atoms with Gasteiger partial charge in [0, 0.05) is 38.8 Å². The van der Waals surface area contributed by atoms with Crippen LogP contribution >= 0.6 is 7.44 Å². The fraction of sp³-hybridized carbons (Fsp3) is 0.444. The van der Waals surface area contributed by atoms with Crippen molar-refractivity contribution in [2.75, 3.05) is 31.5 Å². The molecule has 0 radical (unpaired) electrons. The highest BCUT2D eigenvalue weighted by Gasteiger charge is 2.36. The molecule has 16 heteroatoms. The molecule has 4 rings (SSSR count). The van der Waals surface area contributed by atoms with Crippen LogP contribution in [0.1, 0.15) is 45.2 Å². The third-order valence-corrected chi connectivity index (χ3v) is 10.3. The number of hydrogen-bond acceptors (Lipinski definition) is 11. The third kappa shape index (κ3) is 12.1. The number of H-pyrrole nitrogens is 1. The molecule has 278 valence electrons. The highest BCUT2D eigenvalue weighted by molar-refractivity contribution is 7.60. The van der Waals surface area contributed by atoms with Crippen molar-refractivity contribution in [1.82, 2.24) is 34.6 Å². The monoisotopic (exact) mass is 733 g/mol. The van der Waals surface area contributed by atoms with E-state index in [0.29, 0.717) is 25.3 Å². The van der Waals surface area contributed by atoms with Crippen molar-refractivity contribution < 1.29 is 23.6 Å². The number of nitrogen functional groups attached to an aromatic ring is 1. The summed E-state index contributed by atoms with van der Waals surface area (Å²) >= 11 is 0. The summed E-state index contributed by atoms with van der Waals surface area (Å²) < 4.78 is 28.1. The molecule has 2 aromatic heterocycles. The molecule has 5 N–H and O–H groups in total. The van der Waals surface area contributed by atoms with Gasteiger partial charge < -0.3 is 19.8 Å². The first-order chi connectivity index (χ1) is 24.9. The Labute approximate surface area is 303 Å². The van der Waals surface area contributed by atoms with Gasteiger partial charge >= 0.3 is 11.9 Å². The molecule has 2 heterocycles. The lowest BCUT2D eigenvalue weighted by Crippen LogP contribution is -2.48. The van der Waals surface area contributed by atoms with Crippen molar-refractivity contribution in [2.45, 2.75) is 77.8 Å². The normalized spacial score (nSPS) is 13.0. The maximum atomic E-state index is 15.2. The first kappa shape index (κ1) is 39.9. The summed E-state index contributed by atoms with van der Waals surface area (Å²) in [5.74, 6) is -1.21. The van der Waals surface area contributed by atoms with Crippen molar-refractivity contribution in [3.8, 4) is 6.07 Å². The number of nitrogens with zero attached hydrogens (tertiary/aromatic N) is 5. The van der Waals surface area contributed by atoms with Crippen molar-refractivity contribution in [2.24, 2.45) is 0 Å². The fourth-order valence-electron chi connectivity index (χ4n) is 5.57. The molecule has 0 fully saturated rings. The second-order valence-electron chi connectivity index (χ2n) is 13.0. The number of carbonyl (C=O) groups excluding carboxylic acids is 2. The number of imidazole rings is 1. The number of carbonyl (C=O) groups is 2. The van der Waals surface area contributed by atoms with E-state index in [1.807, 2.05) is 65.6 Å². The van der Waals surface area contributed by atoms with Crippen LogP contribution in [0.5, 0.6) is 0 Å². The molecule has 0 bridgehead atoms. The fourth-order valence-corrected chi connectivity index (χ4v) is 7.87. The van der Waals surface area contributed by atoms with Gasteiger partial charge in [-0.2, -0.15) is 10.2 Å². The average Bonchev–Trinajstić information content (AvgIpc) is 3.50. The van der Waals surface area contributed by atoms with Crippen molar-refractivity contribution >= 4 is 36.5 Å². The predicted octanol–water partition coefficient (Wildman–Crippen LogP) is 3.42. The largest absolute Gasteiger partial charge is 0.462 e. The number of nitriles is 1. The number of anilines is 1. The van der Waals surface area contributed by atoms with Crippen LogP contribution in [0, 0.1) is 11.3 Å². The van der Waals surface area contributed by atoms with E-state index in [1.165, 1.54) is 6.33 Å². The predicted molar refractivity (Wildman–Crippen MR) is 198 cm³/mol. The van der Waals surface area contributed by atoms with E-state index in [1.54, 1.807) is 32.3 Å². The molecule has 52 heavy (non-hydrogen) atoms. The molecule has 0 saturated heterocycles. The standard InChI is InChI=1S/C36H48N9O6P/c1-25(2)50-34(47)29(22-27-12-7-5-8-13-27)42-52(49,43-30(35(48)51-26(3)4)23-28-14-9-6-10-15-28)21-20-44(17-11-16-37)18-19-45-24-39-31-32(45)40-36(38)41-33(31)46/h5-10,12-15,24-26,29-30H,11,17-23H2,1-4H3,(H2,42,43,49)(H3,38,40,41,46)/t29-,30-/m0/s1. The second kappa shape index (κ2) is 19.1. The number of aromatic nitrogens is 4. The molecule has 0 aliphatic rings. The van der Waals surface area contributed by atoms with Crippen LogP contribution in [0.4, 0.5) is 5.95 Å². The van der Waals surface area contributed by atoms with Gasteiger partial charge in [0.25, 0.3) is 5.56 Å². The lowest BCUT2D eigenvalue weighted by Gasteiger charge is -2.31. The number of esters is 2. The Hall–Kier alpha value is -4.87. The zero-order valence-corrected chi connectivity index (χ0v) is 30.9. The number of hydrogen-bond donors (Lipinski definition) is 4. The van der Waals surface area contributed by atoms with Gasteiger partial charge in [-0.3, -0.25) is 28.8 Å². The van der Waals surface area contributed by atoms with Crippen molar-refractivity contribution in [1.29, 1.82) is 5.26 Å². The van der Waals surface area contributed by atoms with Gasteiger partial charge in [0.1, 0.15) is 12.1 Å². The quantitative estimate of drug-likeness (QED) is 0.0759. The van der Waals surface area contributed by atoms with E-state index in [0.717, 1.165) is 11.1 Å². The maximum Gasteiger partial charge on any atom is 0.324 e. The van der Waals surface area contributed by atoms with Crippen LogP contribution in [-0.4, -0.2) is 86.4 Å². The summed E-state index contributed by atoms with van der Waals surface area (Å²) in [6.07, 6.45) is 1.16. The number of ether oxygens (including phenoxy) is 2. The minimum absolute atomic E-state index is 0.0333. The summed E-state index contributed by atoms with van der Waals surface area (Å²) in [6.45, 7) is 8.20. The maximum absolute atomic E-state index is 15.2. The van der Waals surface area contributed by atoms with E-state index in [9.17, 15) is 19.6 Å². The molecule has 0 unspecified atom stereocenters. The van der Waals surface area contributed by atoms with Gasteiger partial charge in [0.2, 0.25) is 13.4 Å². The molecule has 2 atom stereocenters. The lowest BCUT2D eigenvalue weighted by atomic mass is 10.1. The van der Waals surface area contributed by atoms with E-state index in [-0.39, 0.29) is 43.4 Å². The van der Waals surface area contributed by atoms with Crippen LogP contribution in [0.15, 0.2) is 71.8 Å². The van der Waals surface area contributed by atoms with E-state index >= 15 is 4.57 Å². The van der Waals surface area contributed by atoms with Crippen molar-refractivity contribution in [3.05, 3.63) is 88.5 Å². The number of nitrogens with one attached hydrogen (secondary N) is 3. The van der Waals surface area contributed by atoms with E-state index < -0.39 is 49.2 Å². The molecule has 2 aromatic carbocycles. The van der Waals surface area contributed by atoms with Gasteiger partial charge in [-0.25, -0.2) is 15.2 Å². The molecule has 0 saturated carbocycles. The lowest BCUT2D eigenvalue weighted by molar-refractivity contribution is -0.150. The molecule has 4 aromatic rings. The summed E-state index contributed by atoms with van der Waals surface area (Å²) in [4.78, 5) is 52.2. The first-order valence-corrected chi connectivity index (χ1v) is 19.2. The number of aromatic amines is 1. The van der Waals surface area contributed by atoms with Gasteiger partial charge in [-0.15, -0.1) is 0 Å². The molecule has 15 nitrogen and oxygen atoms in total. The number of rotatable bonds is 20. The van der Waals surface area contributed by atoms with Crippen LogP contribution in [0.2, 0.25) is 0 Å². The van der Waals surface area contributed by atoms with Crippen molar-refractivity contribution in [3.63, 3.8) is 0 Å². The minimum atomic E-state index is -3.84. The Morgan fingerprint density at radius 1 is 0.923 bits per heavy atom. The Kier molecular flexibility index (Phi) is 14.7. The van der Waals surface area contributed by atoms with Gasteiger partial charge in [-0.1, -0.05) is 60.7 Å². The third-order valence-electron chi connectivity index (χ3n) is 7.99. The van der Waals surface area contributed by atoms with Gasteiger partial charge in [0.05, 0.1) is 24.6 Å². The average molecular weight is 734 g/mol. The molecule has 0 amide bonds. The topological polar surface area (TPSA) is 210 Å².